The molecule has 0 aliphatic carbocycles. The number of halogens is 9. The molecule has 4 N–H and O–H groups in total. The second-order valence-electron chi connectivity index (χ2n) is 9.84. The largest absolute Gasteiger partial charge is 0.444 e. The molecule has 2 aromatic rings. The lowest BCUT2D eigenvalue weighted by Gasteiger charge is -2.33. The molecule has 0 heterocycles. The van der Waals surface area contributed by atoms with E-state index in [2.05, 4.69) is 31.9 Å². The van der Waals surface area contributed by atoms with E-state index in [0.29, 0.717) is 8.95 Å². The number of amides is 2. The smallest absolute Gasteiger partial charge is 0.408 e. The van der Waals surface area contributed by atoms with E-state index >= 15 is 0 Å². The van der Waals surface area contributed by atoms with Gasteiger partial charge in [0, 0.05) is 20.1 Å². The number of rotatable bonds is 9. The molecule has 3 atom stereocenters. The van der Waals surface area contributed by atoms with Gasteiger partial charge in [-0.15, -0.1) is 11.6 Å². The third-order valence-electron chi connectivity index (χ3n) is 5.49. The van der Waals surface area contributed by atoms with Crippen molar-refractivity contribution in [1.29, 1.82) is 0 Å². The summed E-state index contributed by atoms with van der Waals surface area (Å²) in [5.41, 5.74) is -7.13. The molecule has 0 aliphatic heterocycles. The van der Waals surface area contributed by atoms with Gasteiger partial charge in [-0.3, -0.25) is 4.79 Å². The van der Waals surface area contributed by atoms with E-state index in [4.69, 9.17) is 16.3 Å². The van der Waals surface area contributed by atoms with Gasteiger partial charge in [-0.05, 0) is 64.1 Å². The average molecular weight is 759 g/mol. The van der Waals surface area contributed by atoms with Gasteiger partial charge in [0.1, 0.15) is 22.6 Å². The van der Waals surface area contributed by atoms with Crippen LogP contribution in [0.2, 0.25) is 0 Å². The van der Waals surface area contributed by atoms with Crippen LogP contribution in [-0.2, 0) is 20.6 Å². The molecular formula is C26H29Br2ClF6N2O5. The van der Waals surface area contributed by atoms with Gasteiger partial charge in [0.05, 0.1) is 13.2 Å². The van der Waals surface area contributed by atoms with Crippen LogP contribution in [-0.4, -0.2) is 59.3 Å². The summed E-state index contributed by atoms with van der Waals surface area (Å²) in [4.78, 5) is 23.4. The van der Waals surface area contributed by atoms with Gasteiger partial charge < -0.3 is 25.6 Å². The van der Waals surface area contributed by atoms with E-state index in [1.165, 1.54) is 19.1 Å². The molecule has 7 nitrogen and oxygen atoms in total. The van der Waals surface area contributed by atoms with Crippen LogP contribution in [0.1, 0.15) is 38.8 Å². The van der Waals surface area contributed by atoms with E-state index in [1.807, 2.05) is 10.6 Å². The quantitative estimate of drug-likeness (QED) is 0.176. The van der Waals surface area contributed by atoms with Crippen molar-refractivity contribution < 1.29 is 50.9 Å². The van der Waals surface area contributed by atoms with E-state index in [0.717, 1.165) is 24.3 Å². The lowest BCUT2D eigenvalue weighted by Crippen LogP contribution is -2.55. The molecule has 0 aromatic heterocycles. The molecule has 42 heavy (non-hydrogen) atoms. The number of alkyl halides is 5. The third kappa shape index (κ3) is 9.73. The molecule has 2 rings (SSSR count). The van der Waals surface area contributed by atoms with Crippen molar-refractivity contribution in [2.45, 2.75) is 62.6 Å². The molecule has 0 spiro atoms. The predicted molar refractivity (Wildman–Crippen MR) is 151 cm³/mol. The number of alkyl carbamates (subject to hydrolysis) is 1. The Kier molecular flexibility index (Phi) is 14.1. The summed E-state index contributed by atoms with van der Waals surface area (Å²) in [6.45, 7) is 3.56. The van der Waals surface area contributed by atoms with Crippen LogP contribution < -0.4 is 10.6 Å². The summed E-state index contributed by atoms with van der Waals surface area (Å²) in [5, 5.41) is 21.5. The third-order valence-corrected chi connectivity index (χ3v) is 6.68. The van der Waals surface area contributed by atoms with E-state index in [1.54, 1.807) is 20.8 Å². The van der Waals surface area contributed by atoms with Crippen LogP contribution >= 0.6 is 43.5 Å². The highest BCUT2D eigenvalue weighted by molar-refractivity contribution is 9.10. The fourth-order valence-corrected chi connectivity index (χ4v) is 4.13. The first-order chi connectivity index (χ1) is 19.3. The van der Waals surface area contributed by atoms with Gasteiger partial charge in [-0.1, -0.05) is 31.9 Å². The molecule has 0 saturated carbocycles. The standard InChI is InChI=1S/C14H17BrF3NO3.C12H12BrClF3NO2/c1-13(2,3)22-12(21)19-14(7-20,11(17)18)9-6-8(15)4-5-10(9)16;1-6(14)10(20)18-12(5-19,11(16)17)8-4-7(13)2-3-9(8)15/h4-6,11,20H,7H2,1-3H3,(H,19,21);2-4,6,11,19H,5H2,1H3,(H,18,20). The minimum Gasteiger partial charge on any atom is -0.444 e. The van der Waals surface area contributed by atoms with E-state index in [9.17, 15) is 46.1 Å². The molecular weight excluding hydrogens is 730 g/mol. The maximum Gasteiger partial charge on any atom is 0.408 e. The lowest BCUT2D eigenvalue weighted by molar-refractivity contribution is -0.127. The van der Waals surface area contributed by atoms with Gasteiger partial charge in [0.2, 0.25) is 5.91 Å². The van der Waals surface area contributed by atoms with Crippen LogP contribution in [0.5, 0.6) is 0 Å². The highest BCUT2D eigenvalue weighted by Crippen LogP contribution is 2.34. The predicted octanol–water partition coefficient (Wildman–Crippen LogP) is 6.35. The monoisotopic (exact) mass is 756 g/mol. The highest BCUT2D eigenvalue weighted by atomic mass is 79.9. The highest BCUT2D eigenvalue weighted by Gasteiger charge is 2.47. The zero-order chi connectivity index (χ0) is 32.6. The number of aliphatic hydroxyl groups is 2. The van der Waals surface area contributed by atoms with Gasteiger partial charge in [-0.2, -0.15) is 0 Å². The number of ether oxygens (including phenoxy) is 1. The fourth-order valence-electron chi connectivity index (χ4n) is 3.35. The number of benzene rings is 2. The first kappa shape index (κ1) is 38.0. The molecule has 0 aliphatic rings. The summed E-state index contributed by atoms with van der Waals surface area (Å²) in [7, 11) is 0. The van der Waals surface area contributed by atoms with Crippen molar-refractivity contribution in [1.82, 2.24) is 10.6 Å². The number of carbonyl (C=O) groups is 2. The molecule has 0 fully saturated rings. The molecule has 2 amide bonds. The molecule has 2 aromatic carbocycles. The first-order valence-corrected chi connectivity index (χ1v) is 13.9. The van der Waals surface area contributed by atoms with Crippen molar-refractivity contribution in [2.75, 3.05) is 13.2 Å². The van der Waals surface area contributed by atoms with Crippen LogP contribution in [0, 0.1) is 11.6 Å². The molecule has 0 saturated heterocycles. The summed E-state index contributed by atoms with van der Waals surface area (Å²) >= 11 is 11.6. The SMILES string of the molecule is CC(C)(C)OC(=O)NC(CO)(c1cc(Br)ccc1F)C(F)F.CC(Cl)C(=O)NC(CO)(c1cc(Br)ccc1F)C(F)F. The van der Waals surface area contributed by atoms with E-state index in [-0.39, 0.29) is 0 Å². The van der Waals surface area contributed by atoms with Gasteiger partial charge >= 0.3 is 6.09 Å². The van der Waals surface area contributed by atoms with Crippen LogP contribution in [0.25, 0.3) is 0 Å². The average Bonchev–Trinajstić information content (AvgIpc) is 2.87. The van der Waals surface area contributed by atoms with Crippen molar-refractivity contribution in [3.05, 3.63) is 68.1 Å². The second-order valence-corrected chi connectivity index (χ2v) is 12.3. The minimum atomic E-state index is -3.26. The Morgan fingerprint density at radius 1 is 0.857 bits per heavy atom. The lowest BCUT2D eigenvalue weighted by atomic mass is 9.90. The second kappa shape index (κ2) is 15.6. The zero-order valence-corrected chi connectivity index (χ0v) is 26.6. The summed E-state index contributed by atoms with van der Waals surface area (Å²) in [6.07, 6.45) is -7.66. The zero-order valence-electron chi connectivity index (χ0n) is 22.6. The van der Waals surface area contributed by atoms with Crippen molar-refractivity contribution in [3.8, 4) is 0 Å². The number of nitrogens with one attached hydrogen (secondary N) is 2. The van der Waals surface area contributed by atoms with Crippen molar-refractivity contribution >= 4 is 55.5 Å². The van der Waals surface area contributed by atoms with Crippen molar-refractivity contribution in [2.24, 2.45) is 0 Å². The Morgan fingerprint density at radius 3 is 1.55 bits per heavy atom. The summed E-state index contributed by atoms with van der Waals surface area (Å²) in [6, 6.07) is 6.72. The summed E-state index contributed by atoms with van der Waals surface area (Å²) in [5.74, 6) is -2.88. The topological polar surface area (TPSA) is 108 Å². The Morgan fingerprint density at radius 2 is 1.24 bits per heavy atom. The van der Waals surface area contributed by atoms with E-state index < -0.39 is 82.9 Å². The summed E-state index contributed by atoms with van der Waals surface area (Å²) < 4.78 is 87.1. The molecule has 0 bridgehead atoms. The normalized spacial score (nSPS) is 15.2. The number of hydrogen-bond donors (Lipinski definition) is 4. The Bertz CT molecular complexity index is 1240. The number of hydrogen-bond acceptors (Lipinski definition) is 5. The van der Waals surface area contributed by atoms with Gasteiger partial charge in [-0.25, -0.2) is 31.1 Å². The van der Waals surface area contributed by atoms with Crippen LogP contribution in [0.4, 0.5) is 31.1 Å². The molecule has 3 unspecified atom stereocenters. The maximum atomic E-state index is 13.9. The molecule has 16 heteroatoms. The van der Waals surface area contributed by atoms with Gasteiger partial charge in [0.15, 0.2) is 11.1 Å². The molecule has 236 valence electrons. The minimum absolute atomic E-state index is 0.327. The van der Waals surface area contributed by atoms with Crippen LogP contribution in [0.15, 0.2) is 45.3 Å². The molecule has 0 radical (unpaired) electrons. The van der Waals surface area contributed by atoms with Crippen molar-refractivity contribution in [3.63, 3.8) is 0 Å². The Balaban J connectivity index is 0.000000422. The van der Waals surface area contributed by atoms with Gasteiger partial charge in [0.25, 0.3) is 12.9 Å². The number of carbonyl (C=O) groups excluding carboxylic acids is 2. The Hall–Kier alpha value is -2.07. The number of aliphatic hydroxyl groups excluding tert-OH is 2. The van der Waals surface area contributed by atoms with Crippen LogP contribution in [0.3, 0.4) is 0 Å². The first-order valence-electron chi connectivity index (χ1n) is 11.9. The fraction of sp³-hybridized carbons (Fsp3) is 0.462. The Labute approximate surface area is 260 Å². The maximum absolute atomic E-state index is 13.9.